The quantitative estimate of drug-likeness (QED) is 0.812. The molecule has 0 unspecified atom stereocenters. The highest BCUT2D eigenvalue weighted by Gasteiger charge is 2.22. The van der Waals surface area contributed by atoms with Gasteiger partial charge in [0.1, 0.15) is 11.9 Å². The van der Waals surface area contributed by atoms with Crippen molar-refractivity contribution >= 4 is 11.8 Å². The van der Waals surface area contributed by atoms with Gasteiger partial charge in [0.15, 0.2) is 0 Å². The van der Waals surface area contributed by atoms with Crippen molar-refractivity contribution in [2.24, 2.45) is 0 Å². The van der Waals surface area contributed by atoms with E-state index in [-0.39, 0.29) is 0 Å². The highest BCUT2D eigenvalue weighted by atomic mass is 15.3. The van der Waals surface area contributed by atoms with Crippen LogP contribution < -0.4 is 9.80 Å². The summed E-state index contributed by atoms with van der Waals surface area (Å²) in [6.07, 6.45) is 4.48. The Morgan fingerprint density at radius 3 is 2.56 bits per heavy atom. The zero-order valence-corrected chi connectivity index (χ0v) is 14.4. The molecule has 7 nitrogen and oxygen atoms in total. The van der Waals surface area contributed by atoms with Crippen molar-refractivity contribution in [3.05, 3.63) is 41.3 Å². The summed E-state index contributed by atoms with van der Waals surface area (Å²) in [5, 5.41) is 8.89. The van der Waals surface area contributed by atoms with Crippen LogP contribution in [0, 0.1) is 11.3 Å². The smallest absolute Gasteiger partial charge is 0.225 e. The van der Waals surface area contributed by atoms with Crippen LogP contribution in [0.5, 0.6) is 0 Å². The van der Waals surface area contributed by atoms with E-state index >= 15 is 0 Å². The number of rotatable bonds is 2. The minimum absolute atomic E-state index is 0.585. The number of pyridine rings is 1. The number of aromatic nitrogens is 3. The number of piperazine rings is 1. The molecular formula is C18H21N7. The van der Waals surface area contributed by atoms with Crippen molar-refractivity contribution in [2.75, 3.05) is 49.6 Å². The molecule has 0 aliphatic carbocycles. The largest absolute Gasteiger partial charge is 0.352 e. The fourth-order valence-electron chi connectivity index (χ4n) is 3.30. The van der Waals surface area contributed by atoms with Crippen LogP contribution in [0.4, 0.5) is 11.8 Å². The third kappa shape index (κ3) is 3.26. The lowest BCUT2D eigenvalue weighted by Crippen LogP contribution is -2.45. The van der Waals surface area contributed by atoms with Crippen molar-refractivity contribution in [3.8, 4) is 6.07 Å². The summed E-state index contributed by atoms with van der Waals surface area (Å²) in [7, 11) is 2.15. The topological polar surface area (TPSA) is 72.2 Å². The van der Waals surface area contributed by atoms with Gasteiger partial charge < -0.3 is 14.7 Å². The molecular weight excluding hydrogens is 314 g/mol. The van der Waals surface area contributed by atoms with E-state index in [2.05, 4.69) is 37.8 Å². The van der Waals surface area contributed by atoms with Gasteiger partial charge >= 0.3 is 0 Å². The van der Waals surface area contributed by atoms with Gasteiger partial charge in [-0.3, -0.25) is 0 Å². The van der Waals surface area contributed by atoms with E-state index in [0.717, 1.165) is 68.7 Å². The van der Waals surface area contributed by atoms with Gasteiger partial charge in [-0.05, 0) is 19.2 Å². The van der Waals surface area contributed by atoms with E-state index in [1.807, 2.05) is 18.3 Å². The number of likely N-dealkylation sites (N-methyl/N-ethyl adjacent to an activating group) is 1. The van der Waals surface area contributed by atoms with Crippen molar-refractivity contribution < 1.29 is 0 Å². The standard InChI is InChI=1S/C18H21N7/c1-23-6-8-24(9-7-23)18-21-12-15-13-25(5-4-16(15)22-18)17-3-2-14(10-19)11-20-17/h2-3,11-12H,4-9,13H2,1H3. The van der Waals surface area contributed by atoms with E-state index in [9.17, 15) is 0 Å². The van der Waals surface area contributed by atoms with Crippen LogP contribution in [0.3, 0.4) is 0 Å². The molecule has 2 aromatic rings. The summed E-state index contributed by atoms with van der Waals surface area (Å²) >= 11 is 0. The third-order valence-corrected chi connectivity index (χ3v) is 4.91. The second-order valence-corrected chi connectivity index (χ2v) is 6.62. The lowest BCUT2D eigenvalue weighted by Gasteiger charge is -2.33. The summed E-state index contributed by atoms with van der Waals surface area (Å²) in [6, 6.07) is 5.82. The van der Waals surface area contributed by atoms with Crippen LogP contribution in [0.2, 0.25) is 0 Å². The van der Waals surface area contributed by atoms with Crippen molar-refractivity contribution in [1.29, 1.82) is 5.26 Å². The first kappa shape index (κ1) is 15.8. The molecule has 2 aliphatic rings. The highest BCUT2D eigenvalue weighted by molar-refractivity contribution is 5.45. The first-order valence-corrected chi connectivity index (χ1v) is 8.62. The molecule has 0 N–H and O–H groups in total. The second-order valence-electron chi connectivity index (χ2n) is 6.62. The molecule has 0 saturated carbocycles. The maximum Gasteiger partial charge on any atom is 0.225 e. The molecule has 0 bridgehead atoms. The van der Waals surface area contributed by atoms with Crippen LogP contribution in [0.25, 0.3) is 0 Å². The van der Waals surface area contributed by atoms with Crippen molar-refractivity contribution in [2.45, 2.75) is 13.0 Å². The molecule has 128 valence electrons. The number of nitrogens with zero attached hydrogens (tertiary/aromatic N) is 7. The molecule has 0 amide bonds. The fraction of sp³-hybridized carbons (Fsp3) is 0.444. The number of fused-ring (bicyclic) bond motifs is 1. The summed E-state index contributed by atoms with van der Waals surface area (Å²) in [5.41, 5.74) is 2.89. The minimum atomic E-state index is 0.585. The Morgan fingerprint density at radius 2 is 1.84 bits per heavy atom. The van der Waals surface area contributed by atoms with Gasteiger partial charge in [0.05, 0.1) is 11.3 Å². The van der Waals surface area contributed by atoms with Crippen LogP contribution >= 0.6 is 0 Å². The molecule has 2 aliphatic heterocycles. The number of hydrogen-bond acceptors (Lipinski definition) is 7. The summed E-state index contributed by atoms with van der Waals surface area (Å²) < 4.78 is 0. The lowest BCUT2D eigenvalue weighted by atomic mass is 10.1. The normalized spacial score (nSPS) is 17.9. The van der Waals surface area contributed by atoms with Crippen LogP contribution in [-0.2, 0) is 13.0 Å². The Hall–Kier alpha value is -2.72. The third-order valence-electron chi connectivity index (χ3n) is 4.91. The Labute approximate surface area is 147 Å². The summed E-state index contributed by atoms with van der Waals surface area (Å²) in [6.45, 7) is 5.71. The minimum Gasteiger partial charge on any atom is -0.352 e. The highest BCUT2D eigenvalue weighted by Crippen LogP contribution is 2.23. The molecule has 4 heterocycles. The second kappa shape index (κ2) is 6.65. The Bertz CT molecular complexity index is 788. The van der Waals surface area contributed by atoms with E-state index in [4.69, 9.17) is 10.2 Å². The molecule has 7 heteroatoms. The zero-order valence-electron chi connectivity index (χ0n) is 14.4. The molecule has 1 saturated heterocycles. The van der Waals surface area contributed by atoms with E-state index < -0.39 is 0 Å². The van der Waals surface area contributed by atoms with Crippen molar-refractivity contribution in [3.63, 3.8) is 0 Å². The Kier molecular flexibility index (Phi) is 4.20. The van der Waals surface area contributed by atoms with Gasteiger partial charge in [0.2, 0.25) is 5.95 Å². The molecule has 4 rings (SSSR count). The predicted octanol–water partition coefficient (Wildman–Crippen LogP) is 1.06. The molecule has 0 atom stereocenters. The first-order valence-electron chi connectivity index (χ1n) is 8.62. The summed E-state index contributed by atoms with van der Waals surface area (Å²) in [4.78, 5) is 20.6. The zero-order chi connectivity index (χ0) is 17.2. The fourth-order valence-corrected chi connectivity index (χ4v) is 3.30. The Morgan fingerprint density at radius 1 is 1.00 bits per heavy atom. The van der Waals surface area contributed by atoms with Crippen LogP contribution in [-0.4, -0.2) is 59.6 Å². The Balaban J connectivity index is 1.49. The maximum absolute atomic E-state index is 8.89. The first-order chi connectivity index (χ1) is 12.2. The van der Waals surface area contributed by atoms with Gasteiger partial charge in [0, 0.05) is 63.6 Å². The average Bonchev–Trinajstić information content (AvgIpc) is 2.68. The van der Waals surface area contributed by atoms with Gasteiger partial charge in [-0.2, -0.15) is 5.26 Å². The van der Waals surface area contributed by atoms with E-state index in [0.29, 0.717) is 5.56 Å². The maximum atomic E-state index is 8.89. The SMILES string of the molecule is CN1CCN(c2ncc3c(n2)CCN(c2ccc(C#N)cn2)C3)CC1. The number of hydrogen-bond donors (Lipinski definition) is 0. The van der Waals surface area contributed by atoms with Gasteiger partial charge in [-0.1, -0.05) is 0 Å². The number of anilines is 2. The predicted molar refractivity (Wildman–Crippen MR) is 95.4 cm³/mol. The number of nitriles is 1. The van der Waals surface area contributed by atoms with Crippen molar-refractivity contribution in [1.82, 2.24) is 19.9 Å². The van der Waals surface area contributed by atoms with E-state index in [1.165, 1.54) is 0 Å². The molecule has 0 radical (unpaired) electrons. The molecule has 0 spiro atoms. The van der Waals surface area contributed by atoms with Crippen LogP contribution in [0.15, 0.2) is 24.5 Å². The monoisotopic (exact) mass is 335 g/mol. The molecule has 0 aromatic carbocycles. The summed E-state index contributed by atoms with van der Waals surface area (Å²) in [5.74, 6) is 1.75. The molecule has 1 fully saturated rings. The van der Waals surface area contributed by atoms with Gasteiger partial charge in [-0.25, -0.2) is 15.0 Å². The van der Waals surface area contributed by atoms with E-state index in [1.54, 1.807) is 6.20 Å². The van der Waals surface area contributed by atoms with Crippen LogP contribution in [0.1, 0.15) is 16.8 Å². The molecule has 25 heavy (non-hydrogen) atoms. The average molecular weight is 335 g/mol. The van der Waals surface area contributed by atoms with Gasteiger partial charge in [-0.15, -0.1) is 0 Å². The van der Waals surface area contributed by atoms with Gasteiger partial charge in [0.25, 0.3) is 0 Å². The molecule has 2 aromatic heterocycles. The lowest BCUT2D eigenvalue weighted by molar-refractivity contribution is 0.311.